The van der Waals surface area contributed by atoms with Gasteiger partial charge in [0, 0.05) is 43.5 Å². The van der Waals surface area contributed by atoms with E-state index in [1.807, 2.05) is 0 Å². The van der Waals surface area contributed by atoms with E-state index in [0.717, 1.165) is 25.3 Å². The summed E-state index contributed by atoms with van der Waals surface area (Å²) >= 11 is 0. The lowest BCUT2D eigenvalue weighted by molar-refractivity contribution is -0.384. The standard InChI is InChI=1S/C12H14N4O2/c13-6-5-10-9-15(8-7-14-10)11-1-3-12(4-2-11)16(17)18/h1-4,10,14H,5,7-9H2/t10-/m0/s1. The Bertz CT molecular complexity index is 466. The van der Waals surface area contributed by atoms with Crippen molar-refractivity contribution in [3.8, 4) is 6.07 Å². The monoisotopic (exact) mass is 246 g/mol. The minimum atomic E-state index is -0.403. The number of nitriles is 1. The Balaban J connectivity index is 2.07. The molecule has 1 atom stereocenters. The van der Waals surface area contributed by atoms with Gasteiger partial charge in [-0.2, -0.15) is 5.26 Å². The maximum atomic E-state index is 10.6. The number of anilines is 1. The van der Waals surface area contributed by atoms with Crippen molar-refractivity contribution in [2.24, 2.45) is 0 Å². The van der Waals surface area contributed by atoms with Crippen LogP contribution in [0.5, 0.6) is 0 Å². The van der Waals surface area contributed by atoms with Crippen molar-refractivity contribution in [1.29, 1.82) is 5.26 Å². The summed E-state index contributed by atoms with van der Waals surface area (Å²) in [5.41, 5.74) is 1.06. The number of nitro groups is 1. The van der Waals surface area contributed by atoms with E-state index in [9.17, 15) is 10.1 Å². The van der Waals surface area contributed by atoms with E-state index < -0.39 is 4.92 Å². The molecule has 0 aliphatic carbocycles. The van der Waals surface area contributed by atoms with Gasteiger partial charge in [-0.3, -0.25) is 10.1 Å². The Kier molecular flexibility index (Phi) is 3.75. The molecule has 0 spiro atoms. The second-order valence-corrected chi connectivity index (χ2v) is 4.23. The van der Waals surface area contributed by atoms with Crippen LogP contribution in [0.2, 0.25) is 0 Å². The molecule has 6 nitrogen and oxygen atoms in total. The lowest BCUT2D eigenvalue weighted by atomic mass is 10.1. The lowest BCUT2D eigenvalue weighted by Crippen LogP contribution is -2.50. The van der Waals surface area contributed by atoms with Gasteiger partial charge in [-0.1, -0.05) is 0 Å². The predicted octanol–water partition coefficient (Wildman–Crippen LogP) is 1.29. The molecule has 0 amide bonds. The molecule has 94 valence electrons. The molecule has 2 rings (SSSR count). The van der Waals surface area contributed by atoms with Crippen LogP contribution in [0.3, 0.4) is 0 Å². The molecule has 1 saturated heterocycles. The highest BCUT2D eigenvalue weighted by molar-refractivity contribution is 5.51. The third kappa shape index (κ3) is 2.76. The normalized spacial score (nSPS) is 19.3. The molecule has 1 fully saturated rings. The third-order valence-electron chi connectivity index (χ3n) is 3.02. The van der Waals surface area contributed by atoms with Gasteiger partial charge in [0.2, 0.25) is 0 Å². The van der Waals surface area contributed by atoms with E-state index in [0.29, 0.717) is 6.42 Å². The molecule has 18 heavy (non-hydrogen) atoms. The summed E-state index contributed by atoms with van der Waals surface area (Å²) in [4.78, 5) is 12.3. The number of hydrogen-bond acceptors (Lipinski definition) is 5. The average Bonchev–Trinajstić information content (AvgIpc) is 2.39. The fourth-order valence-corrected chi connectivity index (χ4v) is 2.09. The number of hydrogen-bond donors (Lipinski definition) is 1. The third-order valence-corrected chi connectivity index (χ3v) is 3.02. The van der Waals surface area contributed by atoms with Gasteiger partial charge in [-0.05, 0) is 12.1 Å². The van der Waals surface area contributed by atoms with Crippen LogP contribution < -0.4 is 10.2 Å². The highest BCUT2D eigenvalue weighted by atomic mass is 16.6. The fraction of sp³-hybridized carbons (Fsp3) is 0.417. The number of nitrogens with one attached hydrogen (secondary N) is 1. The average molecular weight is 246 g/mol. The molecule has 0 saturated carbocycles. The molecular formula is C12H14N4O2. The minimum Gasteiger partial charge on any atom is -0.369 e. The van der Waals surface area contributed by atoms with Crippen LogP contribution >= 0.6 is 0 Å². The van der Waals surface area contributed by atoms with Crippen LogP contribution in [0.1, 0.15) is 6.42 Å². The first-order valence-electron chi connectivity index (χ1n) is 5.80. The van der Waals surface area contributed by atoms with Gasteiger partial charge in [0.1, 0.15) is 0 Å². The molecule has 1 aromatic rings. The number of piperazine rings is 1. The second-order valence-electron chi connectivity index (χ2n) is 4.23. The Labute approximate surface area is 105 Å². The molecule has 0 radical (unpaired) electrons. The first-order chi connectivity index (χ1) is 8.70. The number of benzene rings is 1. The van der Waals surface area contributed by atoms with E-state index in [2.05, 4.69) is 16.3 Å². The van der Waals surface area contributed by atoms with Crippen LogP contribution in [0, 0.1) is 21.4 Å². The number of rotatable bonds is 3. The molecule has 1 aliphatic heterocycles. The first-order valence-corrected chi connectivity index (χ1v) is 5.80. The van der Waals surface area contributed by atoms with Gasteiger partial charge in [0.05, 0.1) is 17.4 Å². The van der Waals surface area contributed by atoms with Crippen LogP contribution in [0.25, 0.3) is 0 Å². The van der Waals surface area contributed by atoms with E-state index in [1.165, 1.54) is 12.1 Å². The van der Waals surface area contributed by atoms with Gasteiger partial charge < -0.3 is 10.2 Å². The summed E-state index contributed by atoms with van der Waals surface area (Å²) in [6, 6.07) is 8.86. The SMILES string of the molecule is N#CC[C@H]1CN(c2ccc([N+](=O)[O-])cc2)CCN1. The Hall–Kier alpha value is -2.13. The van der Waals surface area contributed by atoms with Crippen LogP contribution in [0.15, 0.2) is 24.3 Å². The van der Waals surface area contributed by atoms with Crippen LogP contribution in [0.4, 0.5) is 11.4 Å². The van der Waals surface area contributed by atoms with Crippen molar-refractivity contribution in [2.75, 3.05) is 24.5 Å². The number of nitrogens with zero attached hydrogens (tertiary/aromatic N) is 3. The molecule has 0 aromatic heterocycles. The van der Waals surface area contributed by atoms with Crippen molar-refractivity contribution >= 4 is 11.4 Å². The molecule has 6 heteroatoms. The van der Waals surface area contributed by atoms with Gasteiger partial charge in [0.15, 0.2) is 0 Å². The fourth-order valence-electron chi connectivity index (χ4n) is 2.09. The van der Waals surface area contributed by atoms with Gasteiger partial charge in [-0.15, -0.1) is 0 Å². The zero-order chi connectivity index (χ0) is 13.0. The number of non-ortho nitro benzene ring substituents is 1. The zero-order valence-electron chi connectivity index (χ0n) is 9.87. The predicted molar refractivity (Wildman–Crippen MR) is 67.3 cm³/mol. The Morgan fingerprint density at radius 3 is 2.83 bits per heavy atom. The van der Waals surface area contributed by atoms with Crippen molar-refractivity contribution in [1.82, 2.24) is 5.32 Å². The summed E-state index contributed by atoms with van der Waals surface area (Å²) in [5.74, 6) is 0. The molecule has 1 N–H and O–H groups in total. The highest BCUT2D eigenvalue weighted by Crippen LogP contribution is 2.20. The largest absolute Gasteiger partial charge is 0.369 e. The van der Waals surface area contributed by atoms with E-state index in [-0.39, 0.29) is 11.7 Å². The molecule has 1 aromatic carbocycles. The summed E-state index contributed by atoms with van der Waals surface area (Å²) in [6.45, 7) is 2.43. The van der Waals surface area contributed by atoms with Gasteiger partial charge in [-0.25, -0.2) is 0 Å². The lowest BCUT2D eigenvalue weighted by Gasteiger charge is -2.34. The van der Waals surface area contributed by atoms with E-state index in [1.54, 1.807) is 12.1 Å². The topological polar surface area (TPSA) is 82.2 Å². The maximum Gasteiger partial charge on any atom is 0.269 e. The second kappa shape index (κ2) is 5.47. The molecule has 1 aliphatic rings. The Morgan fingerprint density at radius 1 is 1.50 bits per heavy atom. The van der Waals surface area contributed by atoms with Crippen LogP contribution in [-0.2, 0) is 0 Å². The summed E-state index contributed by atoms with van der Waals surface area (Å²) < 4.78 is 0. The van der Waals surface area contributed by atoms with Gasteiger partial charge in [0.25, 0.3) is 5.69 Å². The van der Waals surface area contributed by atoms with Crippen LogP contribution in [-0.4, -0.2) is 30.6 Å². The number of nitro benzene ring substituents is 1. The zero-order valence-corrected chi connectivity index (χ0v) is 9.87. The summed E-state index contributed by atoms with van der Waals surface area (Å²) in [7, 11) is 0. The molecule has 0 bridgehead atoms. The van der Waals surface area contributed by atoms with E-state index in [4.69, 9.17) is 5.26 Å². The van der Waals surface area contributed by atoms with Crippen molar-refractivity contribution in [3.63, 3.8) is 0 Å². The molecule has 0 unspecified atom stereocenters. The summed E-state index contributed by atoms with van der Waals surface area (Å²) in [6.07, 6.45) is 0.476. The smallest absolute Gasteiger partial charge is 0.269 e. The highest BCUT2D eigenvalue weighted by Gasteiger charge is 2.19. The molecule has 1 heterocycles. The molecular weight excluding hydrogens is 232 g/mol. The van der Waals surface area contributed by atoms with Crippen molar-refractivity contribution < 1.29 is 4.92 Å². The van der Waals surface area contributed by atoms with Crippen molar-refractivity contribution in [2.45, 2.75) is 12.5 Å². The van der Waals surface area contributed by atoms with Crippen molar-refractivity contribution in [3.05, 3.63) is 34.4 Å². The minimum absolute atomic E-state index is 0.0995. The quantitative estimate of drug-likeness (QED) is 0.641. The first kappa shape index (κ1) is 12.3. The maximum absolute atomic E-state index is 10.6. The Morgan fingerprint density at radius 2 is 2.22 bits per heavy atom. The van der Waals surface area contributed by atoms with Gasteiger partial charge >= 0.3 is 0 Å². The summed E-state index contributed by atoms with van der Waals surface area (Å²) in [5, 5.41) is 22.5. The van der Waals surface area contributed by atoms with E-state index >= 15 is 0 Å².